The summed E-state index contributed by atoms with van der Waals surface area (Å²) in [7, 11) is 0. The molecule has 7 nitrogen and oxygen atoms in total. The van der Waals surface area contributed by atoms with Crippen LogP contribution in [0.1, 0.15) is 18.5 Å². The van der Waals surface area contributed by atoms with Gasteiger partial charge in [0.2, 0.25) is 0 Å². The molecule has 0 radical (unpaired) electrons. The third kappa shape index (κ3) is 3.93. The summed E-state index contributed by atoms with van der Waals surface area (Å²) in [6.45, 7) is 1.99. The van der Waals surface area contributed by atoms with Gasteiger partial charge >= 0.3 is 6.18 Å². The molecule has 4 heterocycles. The summed E-state index contributed by atoms with van der Waals surface area (Å²) in [5.41, 5.74) is -0.247. The highest BCUT2D eigenvalue weighted by molar-refractivity contribution is 5.45. The van der Waals surface area contributed by atoms with Crippen LogP contribution in [0, 0.1) is 5.92 Å². The predicted octanol–water partition coefficient (Wildman–Crippen LogP) is 2.83. The van der Waals surface area contributed by atoms with Crippen molar-refractivity contribution in [2.45, 2.75) is 19.0 Å². The number of aromatic nitrogens is 5. The molecule has 10 heteroatoms. The number of nitrogens with zero attached hydrogens (tertiary/aromatic N) is 6. The Balaban J connectivity index is 1.32. The largest absolute Gasteiger partial charge is 0.493 e. The molecule has 1 aliphatic rings. The van der Waals surface area contributed by atoms with Crippen LogP contribution in [-0.2, 0) is 6.18 Å². The van der Waals surface area contributed by atoms with Crippen molar-refractivity contribution >= 4 is 11.5 Å². The Morgan fingerprint density at radius 1 is 1.15 bits per heavy atom. The first-order valence-electron chi connectivity index (χ1n) is 8.57. The van der Waals surface area contributed by atoms with Gasteiger partial charge in [0.1, 0.15) is 23.6 Å². The quantitative estimate of drug-likeness (QED) is 0.696. The first-order valence-corrected chi connectivity index (χ1v) is 8.57. The molecule has 0 bridgehead atoms. The maximum absolute atomic E-state index is 12.7. The third-order valence-corrected chi connectivity index (χ3v) is 4.59. The van der Waals surface area contributed by atoms with E-state index in [9.17, 15) is 13.2 Å². The topological polar surface area (TPSA) is 68.4 Å². The van der Waals surface area contributed by atoms with Crippen molar-refractivity contribution in [3.05, 3.63) is 42.5 Å². The van der Waals surface area contributed by atoms with Gasteiger partial charge in [0.05, 0.1) is 6.61 Å². The van der Waals surface area contributed by atoms with Crippen LogP contribution in [0.4, 0.5) is 19.0 Å². The predicted molar refractivity (Wildman–Crippen MR) is 90.5 cm³/mol. The van der Waals surface area contributed by atoms with E-state index < -0.39 is 11.9 Å². The van der Waals surface area contributed by atoms with E-state index in [-0.39, 0.29) is 11.7 Å². The standard InChI is InChI=1S/C17H17F3N6O/c18-17(19,20)14-9-13(3-6-21-14)27-10-12-4-7-25(8-5-12)16-2-1-15-23-22-11-26(15)24-16/h1-3,6,9,11-12H,4-5,7-8,10H2. The number of hydrogen-bond donors (Lipinski definition) is 0. The van der Waals surface area contributed by atoms with Crippen molar-refractivity contribution in [3.63, 3.8) is 0 Å². The lowest BCUT2D eigenvalue weighted by atomic mass is 9.98. The normalized spacial score (nSPS) is 16.0. The van der Waals surface area contributed by atoms with E-state index in [2.05, 4.69) is 25.2 Å². The highest BCUT2D eigenvalue weighted by atomic mass is 19.4. The summed E-state index contributed by atoms with van der Waals surface area (Å²) in [6.07, 6.45) is -0.0430. The average molecular weight is 378 g/mol. The average Bonchev–Trinajstić information content (AvgIpc) is 3.14. The first kappa shape index (κ1) is 17.5. The van der Waals surface area contributed by atoms with Crippen molar-refractivity contribution in [1.82, 2.24) is 24.8 Å². The number of fused-ring (bicyclic) bond motifs is 1. The monoisotopic (exact) mass is 378 g/mol. The highest BCUT2D eigenvalue weighted by Crippen LogP contribution is 2.30. The number of alkyl halides is 3. The van der Waals surface area contributed by atoms with E-state index in [0.29, 0.717) is 12.3 Å². The van der Waals surface area contributed by atoms with Gasteiger partial charge in [0.15, 0.2) is 5.65 Å². The SMILES string of the molecule is FC(F)(F)c1cc(OCC2CCN(c3ccc4nncn4n3)CC2)ccn1. The molecule has 1 aliphatic heterocycles. The fourth-order valence-corrected chi connectivity index (χ4v) is 3.09. The van der Waals surface area contributed by atoms with Crippen LogP contribution >= 0.6 is 0 Å². The highest BCUT2D eigenvalue weighted by Gasteiger charge is 2.32. The second-order valence-electron chi connectivity index (χ2n) is 6.44. The van der Waals surface area contributed by atoms with Gasteiger partial charge in [-0.1, -0.05) is 0 Å². The lowest BCUT2D eigenvalue weighted by Gasteiger charge is -2.32. The fourth-order valence-electron chi connectivity index (χ4n) is 3.09. The smallest absolute Gasteiger partial charge is 0.433 e. The van der Waals surface area contributed by atoms with Crippen molar-refractivity contribution in [1.29, 1.82) is 0 Å². The molecule has 142 valence electrons. The molecule has 4 rings (SSSR count). The summed E-state index contributed by atoms with van der Waals surface area (Å²) in [5.74, 6) is 1.33. The molecule has 0 aromatic carbocycles. The molecule has 0 amide bonds. The Labute approximate surface area is 152 Å². The number of ether oxygens (including phenoxy) is 1. The minimum atomic E-state index is -4.47. The van der Waals surface area contributed by atoms with Gasteiger partial charge in [-0.05, 0) is 37.0 Å². The zero-order chi connectivity index (χ0) is 18.9. The lowest BCUT2D eigenvalue weighted by molar-refractivity contribution is -0.141. The van der Waals surface area contributed by atoms with Crippen molar-refractivity contribution in [2.24, 2.45) is 5.92 Å². The number of rotatable bonds is 4. The first-order chi connectivity index (χ1) is 13.0. The molecular weight excluding hydrogens is 361 g/mol. The summed E-state index contributed by atoms with van der Waals surface area (Å²) < 4.78 is 45.3. The van der Waals surface area contributed by atoms with Crippen LogP contribution in [0.2, 0.25) is 0 Å². The van der Waals surface area contributed by atoms with Crippen LogP contribution in [0.15, 0.2) is 36.8 Å². The van der Waals surface area contributed by atoms with Gasteiger partial charge in [-0.2, -0.15) is 17.7 Å². The molecule has 0 unspecified atom stereocenters. The number of anilines is 1. The minimum absolute atomic E-state index is 0.194. The molecule has 1 saturated heterocycles. The second kappa shape index (κ2) is 7.01. The maximum Gasteiger partial charge on any atom is 0.433 e. The molecular formula is C17H17F3N6O. The minimum Gasteiger partial charge on any atom is -0.493 e. The number of piperidine rings is 1. The van der Waals surface area contributed by atoms with Crippen LogP contribution < -0.4 is 9.64 Å². The summed E-state index contributed by atoms with van der Waals surface area (Å²) in [5, 5.41) is 12.2. The third-order valence-electron chi connectivity index (χ3n) is 4.59. The number of hydrogen-bond acceptors (Lipinski definition) is 6. The van der Waals surface area contributed by atoms with Gasteiger partial charge in [0, 0.05) is 25.4 Å². The Bertz CT molecular complexity index is 920. The van der Waals surface area contributed by atoms with E-state index in [0.717, 1.165) is 44.0 Å². The van der Waals surface area contributed by atoms with E-state index in [4.69, 9.17) is 4.74 Å². The molecule has 0 aliphatic carbocycles. The molecule has 3 aromatic rings. The Morgan fingerprint density at radius 2 is 1.96 bits per heavy atom. The Morgan fingerprint density at radius 3 is 2.74 bits per heavy atom. The van der Waals surface area contributed by atoms with E-state index in [1.165, 1.54) is 6.07 Å². The molecule has 0 atom stereocenters. The lowest BCUT2D eigenvalue weighted by Crippen LogP contribution is -2.36. The van der Waals surface area contributed by atoms with E-state index >= 15 is 0 Å². The van der Waals surface area contributed by atoms with Gasteiger partial charge in [-0.3, -0.25) is 4.98 Å². The van der Waals surface area contributed by atoms with Crippen molar-refractivity contribution in [3.8, 4) is 5.75 Å². The zero-order valence-electron chi connectivity index (χ0n) is 14.3. The molecule has 0 saturated carbocycles. The molecule has 3 aromatic heterocycles. The Kier molecular flexibility index (Phi) is 4.54. The van der Waals surface area contributed by atoms with Crippen LogP contribution in [0.5, 0.6) is 5.75 Å². The Hall–Kier alpha value is -2.91. The second-order valence-corrected chi connectivity index (χ2v) is 6.44. The summed E-state index contributed by atoms with van der Waals surface area (Å²) >= 11 is 0. The van der Waals surface area contributed by atoms with Gasteiger partial charge in [-0.25, -0.2) is 0 Å². The molecule has 27 heavy (non-hydrogen) atoms. The maximum atomic E-state index is 12.7. The van der Waals surface area contributed by atoms with Crippen LogP contribution in [0.25, 0.3) is 5.65 Å². The molecule has 0 N–H and O–H groups in total. The van der Waals surface area contributed by atoms with E-state index in [1.807, 2.05) is 12.1 Å². The summed E-state index contributed by atoms with van der Waals surface area (Å²) in [4.78, 5) is 5.51. The van der Waals surface area contributed by atoms with Crippen molar-refractivity contribution < 1.29 is 17.9 Å². The molecule has 0 spiro atoms. The summed E-state index contributed by atoms with van der Waals surface area (Å²) in [6, 6.07) is 6.17. The van der Waals surface area contributed by atoms with Crippen LogP contribution in [-0.4, -0.2) is 44.5 Å². The van der Waals surface area contributed by atoms with Crippen LogP contribution in [0.3, 0.4) is 0 Å². The van der Waals surface area contributed by atoms with Gasteiger partial charge < -0.3 is 9.64 Å². The number of pyridine rings is 1. The van der Waals surface area contributed by atoms with E-state index in [1.54, 1.807) is 10.8 Å². The zero-order valence-corrected chi connectivity index (χ0v) is 14.3. The van der Waals surface area contributed by atoms with Gasteiger partial charge in [0.25, 0.3) is 0 Å². The van der Waals surface area contributed by atoms with Gasteiger partial charge in [-0.15, -0.1) is 15.3 Å². The molecule has 1 fully saturated rings. The fraction of sp³-hybridized carbons (Fsp3) is 0.412. The number of halogens is 3. The van der Waals surface area contributed by atoms with Crippen molar-refractivity contribution in [2.75, 3.05) is 24.6 Å².